The van der Waals surface area contributed by atoms with Gasteiger partial charge in [-0.2, -0.15) is 0 Å². The average molecular weight is 1200 g/mol. The first kappa shape index (κ1) is 58.9. The highest BCUT2D eigenvalue weighted by molar-refractivity contribution is 6.24. The van der Waals surface area contributed by atoms with Crippen LogP contribution in [0, 0.1) is 24.6 Å². The number of piperidine rings is 3. The number of likely N-dealkylation sites (tertiary alicyclic amines) is 3. The second-order valence-corrected chi connectivity index (χ2v) is 26.5. The van der Waals surface area contributed by atoms with Crippen LogP contribution >= 0.6 is 0 Å². The number of ether oxygens (including phenoxy) is 1. The van der Waals surface area contributed by atoms with Crippen LogP contribution < -0.4 is 25.6 Å². The number of aromatic nitrogens is 3. The third-order valence-electron chi connectivity index (χ3n) is 20.2. The van der Waals surface area contributed by atoms with Crippen molar-refractivity contribution in [2.24, 2.45) is 11.8 Å². The molecule has 2 saturated carbocycles. The van der Waals surface area contributed by atoms with Crippen molar-refractivity contribution in [1.82, 2.24) is 44.8 Å². The lowest BCUT2D eigenvalue weighted by Gasteiger charge is -2.48. The van der Waals surface area contributed by atoms with Crippen LogP contribution in [0.15, 0.2) is 60.9 Å². The van der Waals surface area contributed by atoms with Crippen LogP contribution in [-0.4, -0.2) is 151 Å². The zero-order chi connectivity index (χ0) is 61.4. The Hall–Kier alpha value is -8.07. The number of hydrogen-bond acceptors (Lipinski definition) is 13. The van der Waals surface area contributed by atoms with E-state index in [9.17, 15) is 33.6 Å². The van der Waals surface area contributed by atoms with Crippen molar-refractivity contribution in [3.8, 4) is 17.0 Å². The lowest BCUT2D eigenvalue weighted by atomic mass is 9.73. The molecule has 0 bridgehead atoms. The summed E-state index contributed by atoms with van der Waals surface area (Å²) in [6.07, 6.45) is 11.6. The third-order valence-corrected chi connectivity index (χ3v) is 20.2. The number of nitrogens with one attached hydrogen (secondary N) is 3. The number of fused-ring (bicyclic) bond motifs is 4. The summed E-state index contributed by atoms with van der Waals surface area (Å²) >= 11 is 0. The summed E-state index contributed by atoms with van der Waals surface area (Å²) in [5.74, 6) is -2.60. The molecule has 4 saturated heterocycles. The van der Waals surface area contributed by atoms with Gasteiger partial charge in [0.15, 0.2) is 5.82 Å². The molecule has 0 radical (unpaired) electrons. The Balaban J connectivity index is 0.676. The molecule has 8 aliphatic rings. The molecule has 3 aromatic carbocycles. The molecule has 6 aliphatic heterocycles. The molecule has 1 spiro atoms. The number of halogens is 1. The van der Waals surface area contributed by atoms with Crippen molar-refractivity contribution in [1.29, 1.82) is 0 Å². The zero-order valence-corrected chi connectivity index (χ0v) is 50.9. The largest absolute Gasteiger partial charge is 0.490 e. The summed E-state index contributed by atoms with van der Waals surface area (Å²) in [4.78, 5) is 128. The standard InChI is InChI=1S/C67H78FN11O9/c1-37(2)70-61(82)47-33-51(49(68)28-39(47)5)72-60-59-52(69-36-77(59)38(3)4)34-50(71-60)41-14-17-48-54(30-41)78(44-31-43(32-44)74-23-7-6-8-24-74)66(87)67(48)21-26-75(27-22-67)63(84)42-20-25-76(35-42)57(81)29-40-12-15-45(16-13-40)88-55-11-9-10-46-58(55)65(86)79(64(46)85)53-18-19-56(80)73-62(53)83/h9-11,14,17,28,30,33-34,36-38,40,42-45,53H,6-8,12-13,15-16,18-27,29,31-32,35H2,1-5H3,(H,70,82)(H,71,72)(H,73,80,83)/t40-,42-,43-,44+,45-,53?/m1/s1. The van der Waals surface area contributed by atoms with Gasteiger partial charge in [-0.15, -0.1) is 0 Å². The van der Waals surface area contributed by atoms with Crippen LogP contribution in [0.4, 0.5) is 21.6 Å². The quantitative estimate of drug-likeness (QED) is 0.0887. The molecule has 20 nitrogen and oxygen atoms in total. The lowest BCUT2D eigenvalue weighted by Crippen LogP contribution is -2.58. The van der Waals surface area contributed by atoms with Gasteiger partial charge in [0.25, 0.3) is 17.7 Å². The maximum atomic E-state index is 16.0. The molecule has 2 aromatic heterocycles. The monoisotopic (exact) mass is 1200 g/mol. The van der Waals surface area contributed by atoms with Crippen LogP contribution in [0.1, 0.15) is 172 Å². The zero-order valence-electron chi connectivity index (χ0n) is 50.9. The number of carbonyl (C=O) groups excluding carboxylic acids is 8. The maximum absolute atomic E-state index is 16.0. The van der Waals surface area contributed by atoms with Crippen molar-refractivity contribution < 1.29 is 47.5 Å². The van der Waals surface area contributed by atoms with Gasteiger partial charge < -0.3 is 39.5 Å². The minimum absolute atomic E-state index is 0.00176. The van der Waals surface area contributed by atoms with Gasteiger partial charge in [-0.1, -0.05) is 24.6 Å². The van der Waals surface area contributed by atoms with Crippen LogP contribution in [0.3, 0.4) is 0 Å². The van der Waals surface area contributed by atoms with Crippen molar-refractivity contribution in [2.75, 3.05) is 49.5 Å². The average Bonchev–Trinajstić information content (AvgIpc) is 1.66. The molecule has 6 fully saturated rings. The molecule has 2 atom stereocenters. The number of imide groups is 2. The number of amides is 8. The van der Waals surface area contributed by atoms with Gasteiger partial charge in [-0.05, 0) is 178 Å². The van der Waals surface area contributed by atoms with Crippen LogP contribution in [0.25, 0.3) is 22.3 Å². The van der Waals surface area contributed by atoms with Gasteiger partial charge in [0, 0.05) is 80.0 Å². The van der Waals surface area contributed by atoms with E-state index in [2.05, 4.69) is 37.9 Å². The van der Waals surface area contributed by atoms with Gasteiger partial charge in [-0.25, -0.2) is 14.4 Å². The topological polar surface area (TPSA) is 229 Å². The van der Waals surface area contributed by atoms with E-state index in [4.69, 9.17) is 14.7 Å². The summed E-state index contributed by atoms with van der Waals surface area (Å²) in [5.41, 5.74) is 4.92. The summed E-state index contributed by atoms with van der Waals surface area (Å²) in [6.45, 7) is 13.4. The van der Waals surface area contributed by atoms with Gasteiger partial charge >= 0.3 is 0 Å². The summed E-state index contributed by atoms with van der Waals surface area (Å²) in [7, 11) is 0. The number of benzene rings is 3. The summed E-state index contributed by atoms with van der Waals surface area (Å²) in [5, 5.41) is 8.43. The first-order valence-electron chi connectivity index (χ1n) is 31.9. The predicted molar refractivity (Wildman–Crippen MR) is 326 cm³/mol. The smallest absolute Gasteiger partial charge is 0.266 e. The predicted octanol–water partition coefficient (Wildman–Crippen LogP) is 8.51. The Bertz CT molecular complexity index is 3680. The minimum Gasteiger partial charge on any atom is -0.490 e. The molecule has 5 aromatic rings. The highest BCUT2D eigenvalue weighted by atomic mass is 19.1. The van der Waals surface area contributed by atoms with Crippen molar-refractivity contribution in [2.45, 2.75) is 173 Å². The van der Waals surface area contributed by atoms with Crippen LogP contribution in [0.5, 0.6) is 5.75 Å². The fraction of sp³-hybridized carbons (Fsp3) is 0.522. The molecule has 13 rings (SSSR count). The molecule has 21 heteroatoms. The highest BCUT2D eigenvalue weighted by Crippen LogP contribution is 2.53. The number of aryl methyl sites for hydroxylation is 1. The summed E-state index contributed by atoms with van der Waals surface area (Å²) in [6, 6.07) is 15.1. The van der Waals surface area contributed by atoms with Crippen molar-refractivity contribution in [3.05, 3.63) is 94.6 Å². The Morgan fingerprint density at radius 2 is 1.58 bits per heavy atom. The van der Waals surface area contributed by atoms with Crippen molar-refractivity contribution in [3.63, 3.8) is 0 Å². The molecule has 1 unspecified atom stereocenters. The number of pyridine rings is 1. The SMILES string of the molecule is Cc1cc(F)c(Nc2nc(-c3ccc4c(c3)N([C@H]3C[C@@H](N5CCCCC5)C3)C(=O)C43CCN(C(=O)[C@@H]4CCN(C(=O)C[C@H]5CC[C@H](Oc6cccc7c6C(=O)N(C6CCC(=O)NC6=O)C7=O)CC5)C4)CC3)cc3ncn(C(C)C)c23)cc1C(=O)NC(C)C. The van der Waals surface area contributed by atoms with Gasteiger partial charge in [0.2, 0.25) is 29.5 Å². The van der Waals surface area contributed by atoms with E-state index in [1.54, 1.807) is 31.5 Å². The Morgan fingerprint density at radius 1 is 0.818 bits per heavy atom. The molecule has 8 heterocycles. The fourth-order valence-electron chi connectivity index (χ4n) is 15.3. The van der Waals surface area contributed by atoms with E-state index >= 15 is 9.18 Å². The third kappa shape index (κ3) is 10.7. The van der Waals surface area contributed by atoms with Crippen LogP contribution in [-0.2, 0) is 29.4 Å². The first-order chi connectivity index (χ1) is 42.3. The molecule has 462 valence electrons. The maximum Gasteiger partial charge on any atom is 0.266 e. The molecule has 2 aliphatic carbocycles. The molecule has 3 N–H and O–H groups in total. The van der Waals surface area contributed by atoms with E-state index in [-0.39, 0.29) is 95.1 Å². The number of carbonyl (C=O) groups is 8. The van der Waals surface area contributed by atoms with E-state index in [0.717, 1.165) is 60.5 Å². The number of nitrogens with zero attached hydrogens (tertiary/aromatic N) is 8. The van der Waals surface area contributed by atoms with E-state index < -0.39 is 40.9 Å². The number of anilines is 3. The summed E-state index contributed by atoms with van der Waals surface area (Å²) < 4.78 is 24.3. The Labute approximate surface area is 511 Å². The molecular weight excluding hydrogens is 1120 g/mol. The lowest BCUT2D eigenvalue weighted by molar-refractivity contribution is -0.139. The van der Waals surface area contributed by atoms with Crippen molar-refractivity contribution >= 4 is 75.5 Å². The number of hydrogen-bond donors (Lipinski definition) is 3. The molecule has 8 amide bonds. The van der Waals surface area contributed by atoms with E-state index in [1.807, 2.05) is 54.2 Å². The first-order valence-corrected chi connectivity index (χ1v) is 31.9. The van der Waals surface area contributed by atoms with Gasteiger partial charge in [0.1, 0.15) is 23.1 Å². The van der Waals surface area contributed by atoms with E-state index in [1.165, 1.54) is 31.4 Å². The highest BCUT2D eigenvalue weighted by Gasteiger charge is 2.56. The second kappa shape index (κ2) is 23.5. The van der Waals surface area contributed by atoms with Crippen LogP contribution in [0.2, 0.25) is 0 Å². The van der Waals surface area contributed by atoms with Gasteiger partial charge in [-0.3, -0.25) is 48.6 Å². The number of imidazole rings is 1. The van der Waals surface area contributed by atoms with E-state index in [0.29, 0.717) is 104 Å². The fourth-order valence-corrected chi connectivity index (χ4v) is 15.3. The normalized spacial score (nSPS) is 24.6. The Kier molecular flexibility index (Phi) is 15.7. The Morgan fingerprint density at radius 3 is 2.31 bits per heavy atom. The second-order valence-electron chi connectivity index (χ2n) is 26.5. The van der Waals surface area contributed by atoms with Gasteiger partial charge in [0.05, 0.1) is 51.8 Å². The number of rotatable bonds is 14. The molecule has 88 heavy (non-hydrogen) atoms. The molecular formula is C67H78FN11O9. The minimum atomic E-state index is -1.08.